The number of hydrogen-bond acceptors (Lipinski definition) is 4. The molecule has 0 aliphatic carbocycles. The van der Waals surface area contributed by atoms with E-state index in [1.54, 1.807) is 12.1 Å². The van der Waals surface area contributed by atoms with E-state index in [4.69, 9.17) is 4.74 Å². The molecule has 2 aromatic carbocycles. The van der Waals surface area contributed by atoms with Crippen LogP contribution < -0.4 is 10.1 Å². The zero-order valence-electron chi connectivity index (χ0n) is 14.9. The normalized spacial score (nSPS) is 10.7. The van der Waals surface area contributed by atoms with Gasteiger partial charge in [-0.15, -0.1) is 11.3 Å². The van der Waals surface area contributed by atoms with E-state index >= 15 is 0 Å². The number of nitrogens with one attached hydrogen (secondary N) is 1. The number of ether oxygens (including phenoxy) is 1. The number of aromatic nitrogens is 1. The molecule has 0 saturated heterocycles. The minimum Gasteiger partial charge on any atom is -0.494 e. The lowest BCUT2D eigenvalue weighted by Crippen LogP contribution is -1.97. The van der Waals surface area contributed by atoms with Crippen LogP contribution in [0.15, 0.2) is 53.9 Å². The number of nitrogens with zero attached hydrogens (tertiary/aromatic N) is 1. The largest absolute Gasteiger partial charge is 0.494 e. The van der Waals surface area contributed by atoms with Crippen molar-refractivity contribution in [3.8, 4) is 17.0 Å². The molecule has 3 nitrogen and oxygen atoms in total. The van der Waals surface area contributed by atoms with E-state index in [0.717, 1.165) is 40.9 Å². The van der Waals surface area contributed by atoms with Gasteiger partial charge >= 0.3 is 0 Å². The standard InChI is InChI=1S/C21H23FN2OS/c1-2-3-4-5-14-25-19-12-10-18(11-13-19)23-21-24-20(15-26-21)16-6-8-17(22)9-7-16/h6-13,15H,2-5,14H2,1H3,(H,23,24). The fraction of sp³-hybridized carbons (Fsp3) is 0.286. The summed E-state index contributed by atoms with van der Waals surface area (Å²) in [6.45, 7) is 2.97. The van der Waals surface area contributed by atoms with Crippen molar-refractivity contribution in [1.82, 2.24) is 4.98 Å². The highest BCUT2D eigenvalue weighted by Crippen LogP contribution is 2.28. The third kappa shape index (κ3) is 5.30. The first kappa shape index (κ1) is 18.4. The maximum Gasteiger partial charge on any atom is 0.187 e. The van der Waals surface area contributed by atoms with Crippen LogP contribution in [0.2, 0.25) is 0 Å². The predicted molar refractivity (Wildman–Crippen MR) is 107 cm³/mol. The summed E-state index contributed by atoms with van der Waals surface area (Å²) in [5.41, 5.74) is 2.70. The summed E-state index contributed by atoms with van der Waals surface area (Å²) in [7, 11) is 0. The van der Waals surface area contributed by atoms with E-state index in [0.29, 0.717) is 0 Å². The van der Waals surface area contributed by atoms with Crippen molar-refractivity contribution < 1.29 is 9.13 Å². The fourth-order valence-corrected chi connectivity index (χ4v) is 3.30. The lowest BCUT2D eigenvalue weighted by atomic mass is 10.2. The molecule has 3 rings (SSSR count). The Morgan fingerprint density at radius 2 is 1.77 bits per heavy atom. The Morgan fingerprint density at radius 1 is 1.00 bits per heavy atom. The first-order valence-electron chi connectivity index (χ1n) is 8.96. The first-order valence-corrected chi connectivity index (χ1v) is 9.84. The van der Waals surface area contributed by atoms with Gasteiger partial charge in [-0.05, 0) is 55.0 Å². The number of benzene rings is 2. The SMILES string of the molecule is CCCCCCOc1ccc(Nc2nc(-c3ccc(F)cc3)cs2)cc1. The van der Waals surface area contributed by atoms with Crippen molar-refractivity contribution in [3.05, 3.63) is 59.7 Å². The maximum atomic E-state index is 13.0. The van der Waals surface area contributed by atoms with E-state index in [-0.39, 0.29) is 5.82 Å². The number of thiazole rings is 1. The Kier molecular flexibility index (Phi) is 6.61. The molecular formula is C21H23FN2OS. The zero-order valence-corrected chi connectivity index (χ0v) is 15.7. The highest BCUT2D eigenvalue weighted by atomic mass is 32.1. The quantitative estimate of drug-likeness (QED) is 0.428. The highest BCUT2D eigenvalue weighted by molar-refractivity contribution is 7.14. The van der Waals surface area contributed by atoms with Crippen LogP contribution in [0, 0.1) is 5.82 Å². The van der Waals surface area contributed by atoms with Crippen LogP contribution in [0.3, 0.4) is 0 Å². The second-order valence-electron chi connectivity index (χ2n) is 6.10. The molecule has 1 heterocycles. The number of unbranched alkanes of at least 4 members (excludes halogenated alkanes) is 3. The molecule has 136 valence electrons. The molecule has 5 heteroatoms. The summed E-state index contributed by atoms with van der Waals surface area (Å²) in [6.07, 6.45) is 4.82. The molecule has 0 aliphatic heterocycles. The van der Waals surface area contributed by atoms with Gasteiger partial charge in [0.25, 0.3) is 0 Å². The molecule has 0 fully saturated rings. The average molecular weight is 370 g/mol. The molecule has 0 bridgehead atoms. The van der Waals surface area contributed by atoms with E-state index < -0.39 is 0 Å². The molecule has 3 aromatic rings. The summed E-state index contributed by atoms with van der Waals surface area (Å²) in [6, 6.07) is 14.3. The molecule has 0 saturated carbocycles. The first-order chi connectivity index (χ1) is 12.7. The summed E-state index contributed by atoms with van der Waals surface area (Å²) in [5, 5.41) is 6.06. The molecule has 0 atom stereocenters. The van der Waals surface area contributed by atoms with Gasteiger partial charge < -0.3 is 10.1 Å². The predicted octanol–water partition coefficient (Wildman–Crippen LogP) is 6.65. The molecule has 0 aliphatic rings. The van der Waals surface area contributed by atoms with Crippen LogP contribution in [0.5, 0.6) is 5.75 Å². The van der Waals surface area contributed by atoms with Gasteiger partial charge in [0.1, 0.15) is 11.6 Å². The van der Waals surface area contributed by atoms with Gasteiger partial charge in [-0.1, -0.05) is 26.2 Å². The lowest BCUT2D eigenvalue weighted by Gasteiger charge is -2.07. The zero-order chi connectivity index (χ0) is 18.2. The third-order valence-corrected chi connectivity index (χ3v) is 4.77. The van der Waals surface area contributed by atoms with Gasteiger partial charge in [0.2, 0.25) is 0 Å². The average Bonchev–Trinajstić information content (AvgIpc) is 3.12. The van der Waals surface area contributed by atoms with Crippen molar-refractivity contribution in [1.29, 1.82) is 0 Å². The second kappa shape index (κ2) is 9.34. The monoisotopic (exact) mass is 370 g/mol. The topological polar surface area (TPSA) is 34.1 Å². The van der Waals surface area contributed by atoms with E-state index in [1.807, 2.05) is 29.6 Å². The number of halogens is 1. The van der Waals surface area contributed by atoms with Crippen molar-refractivity contribution in [2.45, 2.75) is 32.6 Å². The molecular weight excluding hydrogens is 347 g/mol. The van der Waals surface area contributed by atoms with Gasteiger partial charge in [0.15, 0.2) is 5.13 Å². The molecule has 1 N–H and O–H groups in total. The third-order valence-electron chi connectivity index (χ3n) is 4.02. The molecule has 26 heavy (non-hydrogen) atoms. The Labute approximate surface area is 157 Å². The van der Waals surface area contributed by atoms with Crippen LogP contribution >= 0.6 is 11.3 Å². The Morgan fingerprint density at radius 3 is 2.50 bits per heavy atom. The van der Waals surface area contributed by atoms with Crippen molar-refractivity contribution in [3.63, 3.8) is 0 Å². The van der Waals surface area contributed by atoms with Crippen molar-refractivity contribution >= 4 is 22.2 Å². The van der Waals surface area contributed by atoms with E-state index in [1.165, 1.54) is 42.7 Å². The highest BCUT2D eigenvalue weighted by Gasteiger charge is 2.05. The smallest absolute Gasteiger partial charge is 0.187 e. The summed E-state index contributed by atoms with van der Waals surface area (Å²) < 4.78 is 18.8. The molecule has 0 unspecified atom stereocenters. The number of rotatable bonds is 9. The van der Waals surface area contributed by atoms with Gasteiger partial charge in [0.05, 0.1) is 12.3 Å². The number of anilines is 2. The lowest BCUT2D eigenvalue weighted by molar-refractivity contribution is 0.305. The summed E-state index contributed by atoms with van der Waals surface area (Å²) >= 11 is 1.52. The van der Waals surface area contributed by atoms with Crippen LogP contribution in [0.1, 0.15) is 32.6 Å². The van der Waals surface area contributed by atoms with Crippen LogP contribution in [-0.2, 0) is 0 Å². The van der Waals surface area contributed by atoms with Gasteiger partial charge in [-0.2, -0.15) is 0 Å². The molecule has 0 spiro atoms. The van der Waals surface area contributed by atoms with Gasteiger partial charge in [-0.25, -0.2) is 9.37 Å². The fourth-order valence-electron chi connectivity index (χ4n) is 2.56. The molecule has 0 amide bonds. The Hall–Kier alpha value is -2.40. The van der Waals surface area contributed by atoms with Crippen LogP contribution in [0.25, 0.3) is 11.3 Å². The molecule has 0 radical (unpaired) electrons. The second-order valence-corrected chi connectivity index (χ2v) is 6.96. The van der Waals surface area contributed by atoms with Gasteiger partial charge in [-0.3, -0.25) is 0 Å². The maximum absolute atomic E-state index is 13.0. The summed E-state index contributed by atoms with van der Waals surface area (Å²) in [4.78, 5) is 4.56. The number of hydrogen-bond donors (Lipinski definition) is 1. The van der Waals surface area contributed by atoms with Gasteiger partial charge in [0, 0.05) is 16.6 Å². The Bertz CT molecular complexity index is 800. The molecule has 1 aromatic heterocycles. The van der Waals surface area contributed by atoms with E-state index in [9.17, 15) is 4.39 Å². The Balaban J connectivity index is 1.53. The summed E-state index contributed by atoms with van der Waals surface area (Å²) in [5.74, 6) is 0.646. The minimum atomic E-state index is -0.241. The van der Waals surface area contributed by atoms with Crippen LogP contribution in [-0.4, -0.2) is 11.6 Å². The van der Waals surface area contributed by atoms with Crippen molar-refractivity contribution in [2.24, 2.45) is 0 Å². The van der Waals surface area contributed by atoms with E-state index in [2.05, 4.69) is 17.2 Å². The van der Waals surface area contributed by atoms with Crippen LogP contribution in [0.4, 0.5) is 15.2 Å². The minimum absolute atomic E-state index is 0.241. The van der Waals surface area contributed by atoms with Crippen molar-refractivity contribution in [2.75, 3.05) is 11.9 Å².